The van der Waals surface area contributed by atoms with Crippen molar-refractivity contribution in [3.63, 3.8) is 0 Å². The summed E-state index contributed by atoms with van der Waals surface area (Å²) in [5.74, 6) is 1.05. The molecule has 7 nitrogen and oxygen atoms in total. The average Bonchev–Trinajstić information content (AvgIpc) is 3.08. The van der Waals surface area contributed by atoms with E-state index in [0.717, 1.165) is 16.8 Å². The van der Waals surface area contributed by atoms with Crippen LogP contribution in [0.15, 0.2) is 35.0 Å². The SMILES string of the molecule is Cc1cccc(-c2noc(Cn3cc(CN)nn3)n2)c1. The van der Waals surface area contributed by atoms with E-state index < -0.39 is 0 Å². The Morgan fingerprint density at radius 1 is 1.35 bits per heavy atom. The summed E-state index contributed by atoms with van der Waals surface area (Å²) in [5.41, 5.74) is 8.29. The van der Waals surface area contributed by atoms with Crippen LogP contribution in [0.2, 0.25) is 0 Å². The summed E-state index contributed by atoms with van der Waals surface area (Å²) in [4.78, 5) is 4.35. The summed E-state index contributed by atoms with van der Waals surface area (Å²) in [5, 5.41) is 11.8. The molecule has 0 amide bonds. The van der Waals surface area contributed by atoms with Crippen LogP contribution in [0, 0.1) is 6.92 Å². The van der Waals surface area contributed by atoms with E-state index in [0.29, 0.717) is 24.8 Å². The molecule has 0 saturated heterocycles. The number of aromatic nitrogens is 5. The van der Waals surface area contributed by atoms with E-state index in [9.17, 15) is 0 Å². The normalized spacial score (nSPS) is 10.9. The molecule has 2 N–H and O–H groups in total. The molecule has 0 aliphatic heterocycles. The molecule has 0 radical (unpaired) electrons. The van der Waals surface area contributed by atoms with E-state index in [2.05, 4.69) is 20.5 Å². The number of aryl methyl sites for hydroxylation is 1. The lowest BCUT2D eigenvalue weighted by atomic mass is 10.1. The Balaban J connectivity index is 1.80. The fraction of sp³-hybridized carbons (Fsp3) is 0.231. The molecular formula is C13H14N6O. The molecule has 0 atom stereocenters. The highest BCUT2D eigenvalue weighted by atomic mass is 16.5. The minimum atomic E-state index is 0.359. The van der Waals surface area contributed by atoms with E-state index in [4.69, 9.17) is 10.3 Å². The molecular weight excluding hydrogens is 256 g/mol. The number of rotatable bonds is 4. The summed E-state index contributed by atoms with van der Waals surface area (Å²) in [7, 11) is 0. The van der Waals surface area contributed by atoms with Crippen LogP contribution >= 0.6 is 0 Å². The Bertz CT molecular complexity index is 717. The van der Waals surface area contributed by atoms with Gasteiger partial charge >= 0.3 is 0 Å². The Morgan fingerprint density at radius 2 is 2.25 bits per heavy atom. The van der Waals surface area contributed by atoms with Crippen LogP contribution in [0.5, 0.6) is 0 Å². The summed E-state index contributed by atoms with van der Waals surface area (Å²) in [6.07, 6.45) is 1.76. The summed E-state index contributed by atoms with van der Waals surface area (Å²) >= 11 is 0. The maximum absolute atomic E-state index is 5.48. The third-order valence-electron chi connectivity index (χ3n) is 2.84. The van der Waals surface area contributed by atoms with E-state index in [-0.39, 0.29) is 0 Å². The lowest BCUT2D eigenvalue weighted by Crippen LogP contribution is -2.00. The molecule has 1 aromatic carbocycles. The minimum absolute atomic E-state index is 0.359. The van der Waals surface area contributed by atoms with Gasteiger partial charge in [0.1, 0.15) is 6.54 Å². The molecule has 20 heavy (non-hydrogen) atoms. The van der Waals surface area contributed by atoms with Gasteiger partial charge in [0, 0.05) is 12.1 Å². The molecule has 0 fully saturated rings. The first kappa shape index (κ1) is 12.5. The first-order valence-corrected chi connectivity index (χ1v) is 6.23. The van der Waals surface area contributed by atoms with E-state index in [1.807, 2.05) is 31.2 Å². The molecule has 0 bridgehead atoms. The van der Waals surface area contributed by atoms with Crippen molar-refractivity contribution in [2.45, 2.75) is 20.0 Å². The topological polar surface area (TPSA) is 95.7 Å². The highest BCUT2D eigenvalue weighted by molar-refractivity contribution is 5.55. The van der Waals surface area contributed by atoms with Crippen molar-refractivity contribution in [1.29, 1.82) is 0 Å². The van der Waals surface area contributed by atoms with Gasteiger partial charge in [-0.15, -0.1) is 5.10 Å². The van der Waals surface area contributed by atoms with Crippen LogP contribution < -0.4 is 5.73 Å². The zero-order valence-corrected chi connectivity index (χ0v) is 11.0. The second-order valence-electron chi connectivity index (χ2n) is 4.49. The van der Waals surface area contributed by atoms with E-state index in [1.165, 1.54) is 0 Å². The van der Waals surface area contributed by atoms with Gasteiger partial charge in [-0.05, 0) is 13.0 Å². The van der Waals surface area contributed by atoms with Crippen LogP contribution in [-0.2, 0) is 13.1 Å². The fourth-order valence-corrected chi connectivity index (χ4v) is 1.87. The van der Waals surface area contributed by atoms with Crippen molar-refractivity contribution in [3.05, 3.63) is 47.6 Å². The smallest absolute Gasteiger partial charge is 0.248 e. The van der Waals surface area contributed by atoms with Gasteiger partial charge in [0.25, 0.3) is 0 Å². The first-order valence-electron chi connectivity index (χ1n) is 6.23. The number of hydrogen-bond donors (Lipinski definition) is 1. The Kier molecular flexibility index (Phi) is 3.26. The Hall–Kier alpha value is -2.54. The highest BCUT2D eigenvalue weighted by Crippen LogP contribution is 2.17. The third-order valence-corrected chi connectivity index (χ3v) is 2.84. The lowest BCUT2D eigenvalue weighted by molar-refractivity contribution is 0.364. The zero-order chi connectivity index (χ0) is 13.9. The van der Waals surface area contributed by atoms with Crippen molar-refractivity contribution in [3.8, 4) is 11.4 Å². The standard InChI is InChI=1S/C13H14N6O/c1-9-3-2-4-10(5-9)13-15-12(20-17-13)8-19-7-11(6-14)16-18-19/h2-5,7H,6,8,14H2,1H3. The number of benzene rings is 1. The van der Waals surface area contributed by atoms with Crippen LogP contribution in [0.25, 0.3) is 11.4 Å². The molecule has 0 aliphatic rings. The predicted molar refractivity (Wildman–Crippen MR) is 71.5 cm³/mol. The maximum Gasteiger partial charge on any atom is 0.248 e. The fourth-order valence-electron chi connectivity index (χ4n) is 1.87. The molecule has 3 rings (SSSR count). The molecule has 0 saturated carbocycles. The van der Waals surface area contributed by atoms with Gasteiger partial charge in [-0.2, -0.15) is 4.98 Å². The van der Waals surface area contributed by atoms with Gasteiger partial charge < -0.3 is 10.3 Å². The van der Waals surface area contributed by atoms with Crippen LogP contribution in [0.1, 0.15) is 17.1 Å². The molecule has 0 aliphatic carbocycles. The molecule has 3 aromatic rings. The third kappa shape index (κ3) is 2.57. The van der Waals surface area contributed by atoms with Crippen LogP contribution in [-0.4, -0.2) is 25.1 Å². The van der Waals surface area contributed by atoms with E-state index >= 15 is 0 Å². The predicted octanol–water partition coefficient (Wildman–Crippen LogP) is 1.14. The van der Waals surface area contributed by atoms with Crippen LogP contribution in [0.4, 0.5) is 0 Å². The quantitative estimate of drug-likeness (QED) is 0.763. The molecule has 0 unspecified atom stereocenters. The van der Waals surface area contributed by atoms with E-state index in [1.54, 1.807) is 10.9 Å². The van der Waals surface area contributed by atoms with Crippen molar-refractivity contribution in [1.82, 2.24) is 25.1 Å². The highest BCUT2D eigenvalue weighted by Gasteiger charge is 2.10. The monoisotopic (exact) mass is 270 g/mol. The second-order valence-corrected chi connectivity index (χ2v) is 4.49. The lowest BCUT2D eigenvalue weighted by Gasteiger charge is -1.95. The zero-order valence-electron chi connectivity index (χ0n) is 11.0. The number of nitrogens with two attached hydrogens (primary N) is 1. The maximum atomic E-state index is 5.48. The number of nitrogens with zero attached hydrogens (tertiary/aromatic N) is 5. The average molecular weight is 270 g/mol. The van der Waals surface area contributed by atoms with Gasteiger partial charge in [0.2, 0.25) is 11.7 Å². The molecule has 0 spiro atoms. The largest absolute Gasteiger partial charge is 0.337 e. The number of hydrogen-bond acceptors (Lipinski definition) is 6. The molecule has 2 heterocycles. The summed E-state index contributed by atoms with van der Waals surface area (Å²) < 4.78 is 6.85. The van der Waals surface area contributed by atoms with Gasteiger partial charge in [0.15, 0.2) is 0 Å². The van der Waals surface area contributed by atoms with Gasteiger partial charge in [-0.3, -0.25) is 0 Å². The molecule has 2 aromatic heterocycles. The minimum Gasteiger partial charge on any atom is -0.337 e. The summed E-state index contributed by atoms with van der Waals surface area (Å²) in [6, 6.07) is 7.94. The molecule has 102 valence electrons. The second kappa shape index (κ2) is 5.22. The van der Waals surface area contributed by atoms with Crippen molar-refractivity contribution in [2.24, 2.45) is 5.73 Å². The van der Waals surface area contributed by atoms with Gasteiger partial charge in [-0.1, -0.05) is 34.1 Å². The molecule has 7 heteroatoms. The Labute approximate surface area is 115 Å². The first-order chi connectivity index (χ1) is 9.74. The van der Waals surface area contributed by atoms with Gasteiger partial charge in [-0.25, -0.2) is 4.68 Å². The van der Waals surface area contributed by atoms with Crippen molar-refractivity contribution < 1.29 is 4.52 Å². The summed E-state index contributed by atoms with van der Waals surface area (Å²) in [6.45, 7) is 2.76. The van der Waals surface area contributed by atoms with Crippen molar-refractivity contribution >= 4 is 0 Å². The van der Waals surface area contributed by atoms with Gasteiger partial charge in [0.05, 0.1) is 11.9 Å². The Morgan fingerprint density at radius 3 is 3.00 bits per heavy atom. The van der Waals surface area contributed by atoms with Crippen molar-refractivity contribution in [2.75, 3.05) is 0 Å². The van der Waals surface area contributed by atoms with Crippen LogP contribution in [0.3, 0.4) is 0 Å².